The summed E-state index contributed by atoms with van der Waals surface area (Å²) in [7, 11) is 2.69. The van der Waals surface area contributed by atoms with E-state index in [1.54, 1.807) is 33.2 Å². The summed E-state index contributed by atoms with van der Waals surface area (Å²) in [5.74, 6) is -0.866. The summed E-state index contributed by atoms with van der Waals surface area (Å²) in [5, 5.41) is 3.37. The molecule has 2 heterocycles. The molecule has 11 nitrogen and oxygen atoms in total. The zero-order valence-electron chi connectivity index (χ0n) is 22.8. The van der Waals surface area contributed by atoms with Gasteiger partial charge in [0.05, 0.1) is 33.1 Å². The van der Waals surface area contributed by atoms with E-state index in [0.29, 0.717) is 10.1 Å². The fraction of sp³-hybridized carbons (Fsp3) is 0.296. The van der Waals surface area contributed by atoms with Crippen molar-refractivity contribution < 1.29 is 32.2 Å². The van der Waals surface area contributed by atoms with E-state index in [4.69, 9.17) is 25.8 Å². The van der Waals surface area contributed by atoms with E-state index in [9.17, 15) is 18.0 Å². The summed E-state index contributed by atoms with van der Waals surface area (Å²) in [5.41, 5.74) is -1.50. The third-order valence-electron chi connectivity index (χ3n) is 6.59. The first-order chi connectivity index (χ1) is 18.9. The summed E-state index contributed by atoms with van der Waals surface area (Å²) in [6, 6.07) is 10.8. The van der Waals surface area contributed by atoms with Crippen LogP contribution in [0.4, 0.5) is 5.69 Å². The number of pyridine rings is 1. The summed E-state index contributed by atoms with van der Waals surface area (Å²) in [6.07, 6.45) is 1.47. The molecule has 2 aromatic carbocycles. The molecular formula is C27H29ClN4O7S. The van der Waals surface area contributed by atoms with Crippen LogP contribution in [0, 0.1) is 0 Å². The van der Waals surface area contributed by atoms with Gasteiger partial charge < -0.3 is 19.1 Å². The number of halogens is 1. The molecule has 0 bridgehead atoms. The number of hydrogen-bond donors (Lipinski definition) is 1. The number of aromatic nitrogens is 1. The molecule has 0 radical (unpaired) electrons. The molecular weight excluding hydrogens is 560 g/mol. The minimum atomic E-state index is -4.59. The quantitative estimate of drug-likeness (QED) is 0.401. The molecule has 40 heavy (non-hydrogen) atoms. The Labute approximate surface area is 237 Å². The minimum absolute atomic E-state index is 0.0248. The van der Waals surface area contributed by atoms with Crippen molar-refractivity contribution in [3.63, 3.8) is 0 Å². The predicted molar refractivity (Wildman–Crippen MR) is 149 cm³/mol. The molecule has 13 heteroatoms. The molecule has 1 aliphatic heterocycles. The van der Waals surface area contributed by atoms with E-state index in [-0.39, 0.29) is 44.3 Å². The highest BCUT2D eigenvalue weighted by Crippen LogP contribution is 2.50. The van der Waals surface area contributed by atoms with Crippen molar-refractivity contribution in [2.45, 2.75) is 23.4 Å². The van der Waals surface area contributed by atoms with Crippen molar-refractivity contribution in [1.82, 2.24) is 15.2 Å². The van der Waals surface area contributed by atoms with Gasteiger partial charge in [0.15, 0.2) is 5.54 Å². The van der Waals surface area contributed by atoms with Gasteiger partial charge in [-0.2, -0.15) is 0 Å². The van der Waals surface area contributed by atoms with E-state index in [1.165, 1.54) is 68.8 Å². The van der Waals surface area contributed by atoms with Crippen molar-refractivity contribution in [2.75, 3.05) is 39.7 Å². The number of carbonyl (C=O) groups is 2. The summed E-state index contributed by atoms with van der Waals surface area (Å²) >= 11 is 6.41. The van der Waals surface area contributed by atoms with Gasteiger partial charge in [0.1, 0.15) is 16.4 Å². The molecule has 1 aromatic heterocycles. The summed E-state index contributed by atoms with van der Waals surface area (Å²) in [4.78, 5) is 33.1. The SMILES string of the molecule is COc1ccc(S(=O)(=O)N2C(=O)C(NC(C)C(=O)N(C)C)(c3cccnc3OC)c3cc(Cl)ccc32)c(OC)c1. The first-order valence-corrected chi connectivity index (χ1v) is 13.9. The van der Waals surface area contributed by atoms with Gasteiger partial charge in [-0.15, -0.1) is 0 Å². The number of nitrogens with one attached hydrogen (secondary N) is 1. The van der Waals surface area contributed by atoms with Gasteiger partial charge in [0, 0.05) is 42.5 Å². The van der Waals surface area contributed by atoms with Gasteiger partial charge >= 0.3 is 0 Å². The zero-order chi connectivity index (χ0) is 29.4. The average Bonchev–Trinajstić information content (AvgIpc) is 3.19. The number of amides is 2. The van der Waals surface area contributed by atoms with Gasteiger partial charge in [0.2, 0.25) is 11.8 Å². The van der Waals surface area contributed by atoms with Gasteiger partial charge in [-0.3, -0.25) is 14.9 Å². The lowest BCUT2D eigenvalue weighted by molar-refractivity contribution is -0.131. The maximum Gasteiger partial charge on any atom is 0.274 e. The van der Waals surface area contributed by atoms with Crippen LogP contribution in [0.25, 0.3) is 0 Å². The Balaban J connectivity index is 2.05. The van der Waals surface area contributed by atoms with Crippen LogP contribution in [-0.2, 0) is 25.2 Å². The highest BCUT2D eigenvalue weighted by Gasteiger charge is 2.58. The van der Waals surface area contributed by atoms with Crippen LogP contribution < -0.4 is 23.8 Å². The topological polar surface area (TPSA) is 127 Å². The highest BCUT2D eigenvalue weighted by atomic mass is 35.5. The molecule has 0 saturated carbocycles. The average molecular weight is 589 g/mol. The molecule has 212 valence electrons. The third-order valence-corrected chi connectivity index (χ3v) is 8.56. The van der Waals surface area contributed by atoms with Crippen molar-refractivity contribution in [1.29, 1.82) is 0 Å². The van der Waals surface area contributed by atoms with Crippen LogP contribution in [0.3, 0.4) is 0 Å². The van der Waals surface area contributed by atoms with Crippen LogP contribution in [-0.4, -0.2) is 71.6 Å². The molecule has 0 aliphatic carbocycles. The van der Waals surface area contributed by atoms with Gasteiger partial charge in [0.25, 0.3) is 15.9 Å². The molecule has 1 N–H and O–H groups in total. The largest absolute Gasteiger partial charge is 0.497 e. The van der Waals surface area contributed by atoms with E-state index in [2.05, 4.69) is 10.3 Å². The lowest BCUT2D eigenvalue weighted by atomic mass is 9.83. The maximum absolute atomic E-state index is 14.7. The Morgan fingerprint density at radius 1 is 1.05 bits per heavy atom. The number of benzene rings is 2. The van der Waals surface area contributed by atoms with Crippen LogP contribution >= 0.6 is 11.6 Å². The smallest absolute Gasteiger partial charge is 0.274 e. The van der Waals surface area contributed by atoms with Crippen molar-refractivity contribution >= 4 is 39.1 Å². The first-order valence-electron chi connectivity index (χ1n) is 12.0. The molecule has 2 unspecified atom stereocenters. The standard InChI is InChI=1S/C27H29ClN4O7S/c1-16(25(33)31(2)3)30-27(19-8-7-13-29-24(19)39-6)20-14-17(28)9-11-21(20)32(26(27)34)40(35,36)23-12-10-18(37-4)15-22(23)38-5/h7-16,30H,1-6H3. The van der Waals surface area contributed by atoms with Gasteiger partial charge in [-0.1, -0.05) is 11.6 Å². The minimum Gasteiger partial charge on any atom is -0.497 e. The Morgan fingerprint density at radius 3 is 2.40 bits per heavy atom. The van der Waals surface area contributed by atoms with E-state index >= 15 is 0 Å². The monoisotopic (exact) mass is 588 g/mol. The Kier molecular flexibility index (Phi) is 7.97. The summed E-state index contributed by atoms with van der Waals surface area (Å²) in [6.45, 7) is 1.58. The molecule has 0 spiro atoms. The van der Waals surface area contributed by atoms with E-state index < -0.39 is 27.5 Å². The van der Waals surface area contributed by atoms with E-state index in [1.807, 2.05) is 0 Å². The number of ether oxygens (including phenoxy) is 3. The van der Waals surface area contributed by atoms with Gasteiger partial charge in [-0.25, -0.2) is 17.7 Å². The third kappa shape index (κ3) is 4.61. The Bertz CT molecular complexity index is 1580. The Morgan fingerprint density at radius 2 is 1.77 bits per heavy atom. The molecule has 0 saturated heterocycles. The van der Waals surface area contributed by atoms with Crippen molar-refractivity contribution in [3.8, 4) is 17.4 Å². The zero-order valence-corrected chi connectivity index (χ0v) is 24.3. The van der Waals surface area contributed by atoms with Crippen LogP contribution in [0.5, 0.6) is 17.4 Å². The molecule has 3 aromatic rings. The number of likely N-dealkylation sites (N-methyl/N-ethyl adjacent to an activating group) is 1. The fourth-order valence-electron chi connectivity index (χ4n) is 4.78. The number of carbonyl (C=O) groups excluding carboxylic acids is 2. The number of nitrogens with zero attached hydrogens (tertiary/aromatic N) is 3. The lowest BCUT2D eigenvalue weighted by Gasteiger charge is -2.34. The van der Waals surface area contributed by atoms with E-state index in [0.717, 1.165) is 0 Å². The van der Waals surface area contributed by atoms with Crippen LogP contribution in [0.15, 0.2) is 59.6 Å². The second-order valence-electron chi connectivity index (χ2n) is 9.16. The highest BCUT2D eigenvalue weighted by molar-refractivity contribution is 7.93. The molecule has 2 amide bonds. The van der Waals surface area contributed by atoms with Crippen molar-refractivity contribution in [3.05, 3.63) is 70.9 Å². The fourth-order valence-corrected chi connectivity index (χ4v) is 6.56. The van der Waals surface area contributed by atoms with Crippen LogP contribution in [0.2, 0.25) is 5.02 Å². The number of anilines is 1. The second-order valence-corrected chi connectivity index (χ2v) is 11.4. The molecule has 2 atom stereocenters. The number of fused-ring (bicyclic) bond motifs is 1. The molecule has 1 aliphatic rings. The van der Waals surface area contributed by atoms with Crippen molar-refractivity contribution in [2.24, 2.45) is 0 Å². The first kappa shape index (κ1) is 29.1. The number of rotatable bonds is 9. The second kappa shape index (κ2) is 11.0. The summed E-state index contributed by atoms with van der Waals surface area (Å²) < 4.78 is 45.3. The molecule has 0 fully saturated rings. The number of hydrogen-bond acceptors (Lipinski definition) is 9. The normalized spacial score (nSPS) is 17.3. The predicted octanol–water partition coefficient (Wildman–Crippen LogP) is 2.81. The maximum atomic E-state index is 14.7. The number of sulfonamides is 1. The van der Waals surface area contributed by atoms with Crippen LogP contribution in [0.1, 0.15) is 18.1 Å². The Hall–Kier alpha value is -3.87. The number of methoxy groups -OCH3 is 3. The van der Waals surface area contributed by atoms with Gasteiger partial charge in [-0.05, 0) is 49.4 Å². The molecule has 4 rings (SSSR count). The lowest BCUT2D eigenvalue weighted by Crippen LogP contribution is -2.58.